The highest BCUT2D eigenvalue weighted by molar-refractivity contribution is 7.80. The minimum atomic E-state index is 0.379. The first kappa shape index (κ1) is 22.1. The summed E-state index contributed by atoms with van der Waals surface area (Å²) in [5.41, 5.74) is 5.70. The quantitative estimate of drug-likeness (QED) is 0.218. The second kappa shape index (κ2) is 11.6. The van der Waals surface area contributed by atoms with Crippen molar-refractivity contribution in [3.8, 4) is 17.2 Å². The first-order valence-corrected chi connectivity index (χ1v) is 10.2. The Bertz CT molecular complexity index is 1040. The molecule has 0 aromatic heterocycles. The number of thiocarbonyl (C=S) groups is 1. The van der Waals surface area contributed by atoms with Crippen molar-refractivity contribution in [3.05, 3.63) is 83.9 Å². The van der Waals surface area contributed by atoms with E-state index in [-0.39, 0.29) is 0 Å². The molecule has 0 heterocycles. The van der Waals surface area contributed by atoms with Gasteiger partial charge in [0.2, 0.25) is 0 Å². The number of para-hydroxylation sites is 4. The lowest BCUT2D eigenvalue weighted by Crippen LogP contribution is -2.24. The summed E-state index contributed by atoms with van der Waals surface area (Å²) < 4.78 is 16.9. The Morgan fingerprint density at radius 2 is 1.48 bits per heavy atom. The number of benzene rings is 3. The molecule has 0 radical (unpaired) electrons. The second-order valence-corrected chi connectivity index (χ2v) is 6.93. The average molecular weight is 436 g/mol. The number of hydrazone groups is 1. The molecule has 0 spiro atoms. The van der Waals surface area contributed by atoms with Gasteiger partial charge in [-0.2, -0.15) is 5.10 Å². The van der Waals surface area contributed by atoms with E-state index in [0.717, 1.165) is 16.8 Å². The molecule has 3 aromatic rings. The highest BCUT2D eigenvalue weighted by Gasteiger charge is 2.04. The fraction of sp³-hybridized carbons (Fsp3) is 0.167. The largest absolute Gasteiger partial charge is 0.493 e. The number of ether oxygens (including phenoxy) is 3. The molecule has 7 heteroatoms. The van der Waals surface area contributed by atoms with Crippen molar-refractivity contribution in [2.75, 3.05) is 25.6 Å². The van der Waals surface area contributed by atoms with E-state index in [2.05, 4.69) is 15.8 Å². The lowest BCUT2D eigenvalue weighted by molar-refractivity contribution is 0.211. The number of nitrogens with one attached hydrogen (secondary N) is 2. The van der Waals surface area contributed by atoms with Gasteiger partial charge in [-0.25, -0.2) is 0 Å². The van der Waals surface area contributed by atoms with Crippen LogP contribution < -0.4 is 25.0 Å². The number of methoxy groups -OCH3 is 1. The fourth-order valence-electron chi connectivity index (χ4n) is 2.78. The maximum Gasteiger partial charge on any atom is 0.191 e. The van der Waals surface area contributed by atoms with Gasteiger partial charge in [-0.3, -0.25) is 5.43 Å². The number of aryl methyl sites for hydroxylation is 1. The van der Waals surface area contributed by atoms with Crippen molar-refractivity contribution in [1.82, 2.24) is 5.43 Å². The molecule has 0 aliphatic rings. The van der Waals surface area contributed by atoms with Crippen LogP contribution >= 0.6 is 12.2 Å². The Kier molecular flexibility index (Phi) is 8.25. The summed E-state index contributed by atoms with van der Waals surface area (Å²) in [6.07, 6.45) is 1.67. The highest BCUT2D eigenvalue weighted by atomic mass is 32.1. The van der Waals surface area contributed by atoms with Crippen molar-refractivity contribution >= 4 is 29.2 Å². The van der Waals surface area contributed by atoms with Gasteiger partial charge in [-0.05, 0) is 55.0 Å². The summed E-state index contributed by atoms with van der Waals surface area (Å²) in [7, 11) is 1.62. The Labute approximate surface area is 187 Å². The fourth-order valence-corrected chi connectivity index (χ4v) is 2.95. The van der Waals surface area contributed by atoms with Crippen LogP contribution in [-0.2, 0) is 0 Å². The zero-order valence-electron chi connectivity index (χ0n) is 17.5. The maximum atomic E-state index is 5.87. The Balaban J connectivity index is 1.50. The van der Waals surface area contributed by atoms with Gasteiger partial charge in [0.1, 0.15) is 19.0 Å². The van der Waals surface area contributed by atoms with Gasteiger partial charge in [0.05, 0.1) is 13.3 Å². The molecule has 0 bridgehead atoms. The predicted molar refractivity (Wildman–Crippen MR) is 129 cm³/mol. The standard InChI is InChI=1S/C24H25N3O3S/c1-18-9-3-5-11-20(18)26-24(31)27-25-17-19-10-4-6-12-21(19)29-15-16-30-23-14-8-7-13-22(23)28-2/h3-14,17H,15-16H2,1-2H3,(H2,26,27,31)/b25-17+. The first-order valence-electron chi connectivity index (χ1n) is 9.80. The van der Waals surface area contributed by atoms with E-state index >= 15 is 0 Å². The molecular formula is C24H25N3O3S. The van der Waals surface area contributed by atoms with Crippen LogP contribution in [0.2, 0.25) is 0 Å². The first-order chi connectivity index (χ1) is 15.2. The third-order valence-electron chi connectivity index (χ3n) is 4.35. The van der Waals surface area contributed by atoms with E-state index in [1.165, 1.54) is 0 Å². The van der Waals surface area contributed by atoms with E-state index in [9.17, 15) is 0 Å². The van der Waals surface area contributed by atoms with Crippen molar-refractivity contribution in [1.29, 1.82) is 0 Å². The molecule has 0 fully saturated rings. The van der Waals surface area contributed by atoms with Gasteiger partial charge in [0.15, 0.2) is 16.6 Å². The topological polar surface area (TPSA) is 64.1 Å². The van der Waals surface area contributed by atoms with Crippen molar-refractivity contribution in [3.63, 3.8) is 0 Å². The summed E-state index contributed by atoms with van der Waals surface area (Å²) in [5, 5.41) is 7.76. The zero-order valence-corrected chi connectivity index (χ0v) is 18.3. The summed E-state index contributed by atoms with van der Waals surface area (Å²) >= 11 is 5.30. The molecule has 3 rings (SSSR count). The van der Waals surface area contributed by atoms with Crippen LogP contribution in [0.4, 0.5) is 5.69 Å². The molecule has 0 saturated heterocycles. The second-order valence-electron chi connectivity index (χ2n) is 6.52. The summed E-state index contributed by atoms with van der Waals surface area (Å²) in [5.74, 6) is 2.08. The van der Waals surface area contributed by atoms with E-state index in [1.54, 1.807) is 13.3 Å². The highest BCUT2D eigenvalue weighted by Crippen LogP contribution is 2.25. The van der Waals surface area contributed by atoms with Crippen LogP contribution in [0.3, 0.4) is 0 Å². The molecule has 2 N–H and O–H groups in total. The van der Waals surface area contributed by atoms with Gasteiger partial charge >= 0.3 is 0 Å². The Morgan fingerprint density at radius 3 is 2.23 bits per heavy atom. The molecular weight excluding hydrogens is 410 g/mol. The number of nitrogens with zero attached hydrogens (tertiary/aromatic N) is 1. The Hall–Kier alpha value is -3.58. The minimum absolute atomic E-state index is 0.379. The van der Waals surface area contributed by atoms with Gasteiger partial charge in [-0.1, -0.05) is 42.5 Å². The van der Waals surface area contributed by atoms with E-state index < -0.39 is 0 Å². The molecule has 6 nitrogen and oxygen atoms in total. The van der Waals surface area contributed by atoms with E-state index in [0.29, 0.717) is 35.6 Å². The zero-order chi connectivity index (χ0) is 21.9. The molecule has 0 saturated carbocycles. The lowest BCUT2D eigenvalue weighted by atomic mass is 10.2. The van der Waals surface area contributed by atoms with Crippen molar-refractivity contribution in [2.45, 2.75) is 6.92 Å². The number of anilines is 1. The Morgan fingerprint density at radius 1 is 0.871 bits per heavy atom. The summed E-state index contributed by atoms with van der Waals surface area (Å²) in [4.78, 5) is 0. The van der Waals surface area contributed by atoms with Gasteiger partial charge in [0, 0.05) is 11.3 Å². The van der Waals surface area contributed by atoms with Crippen LogP contribution in [0.15, 0.2) is 77.9 Å². The van der Waals surface area contributed by atoms with Crippen LogP contribution in [-0.4, -0.2) is 31.7 Å². The number of rotatable bonds is 9. The van der Waals surface area contributed by atoms with Crippen molar-refractivity contribution < 1.29 is 14.2 Å². The number of hydrogen-bond acceptors (Lipinski definition) is 5. The maximum absolute atomic E-state index is 5.87. The van der Waals surface area contributed by atoms with Gasteiger partial charge in [0.25, 0.3) is 0 Å². The third kappa shape index (κ3) is 6.72. The minimum Gasteiger partial charge on any atom is -0.493 e. The monoisotopic (exact) mass is 435 g/mol. The molecule has 0 aliphatic carbocycles. The third-order valence-corrected chi connectivity index (χ3v) is 4.54. The molecule has 3 aromatic carbocycles. The van der Waals surface area contributed by atoms with Crippen molar-refractivity contribution in [2.24, 2.45) is 5.10 Å². The predicted octanol–water partition coefficient (Wildman–Crippen LogP) is 4.78. The van der Waals surface area contributed by atoms with E-state index in [4.69, 9.17) is 26.4 Å². The van der Waals surface area contributed by atoms with Gasteiger partial charge in [-0.15, -0.1) is 0 Å². The molecule has 0 amide bonds. The normalized spacial score (nSPS) is 10.5. The van der Waals surface area contributed by atoms with Crippen LogP contribution in [0.1, 0.15) is 11.1 Å². The molecule has 160 valence electrons. The molecule has 0 unspecified atom stereocenters. The van der Waals surface area contributed by atoms with E-state index in [1.807, 2.05) is 79.7 Å². The van der Waals surface area contributed by atoms with Crippen LogP contribution in [0.5, 0.6) is 17.2 Å². The van der Waals surface area contributed by atoms with Gasteiger partial charge < -0.3 is 19.5 Å². The molecule has 31 heavy (non-hydrogen) atoms. The SMILES string of the molecule is COc1ccccc1OCCOc1ccccc1/C=N/NC(=S)Nc1ccccc1C. The van der Waals surface area contributed by atoms with Crippen LogP contribution in [0.25, 0.3) is 0 Å². The molecule has 0 atom stereocenters. The smallest absolute Gasteiger partial charge is 0.191 e. The number of hydrogen-bond donors (Lipinski definition) is 2. The molecule has 0 aliphatic heterocycles. The summed E-state index contributed by atoms with van der Waals surface area (Å²) in [6, 6.07) is 23.0. The average Bonchev–Trinajstić information content (AvgIpc) is 2.79. The summed E-state index contributed by atoms with van der Waals surface area (Å²) in [6.45, 7) is 2.78. The lowest BCUT2D eigenvalue weighted by Gasteiger charge is -2.12. The van der Waals surface area contributed by atoms with Crippen LogP contribution in [0, 0.1) is 6.92 Å².